The number of rotatable bonds is 10. The second-order valence-electron chi connectivity index (χ2n) is 9.35. The van der Waals surface area contributed by atoms with Crippen molar-refractivity contribution < 1.29 is 14.3 Å². The maximum atomic E-state index is 12.1. The summed E-state index contributed by atoms with van der Waals surface area (Å²) < 4.78 is 14.8. The fourth-order valence-corrected chi connectivity index (χ4v) is 4.41. The van der Waals surface area contributed by atoms with Crippen LogP contribution in [0.4, 0.5) is 0 Å². The lowest BCUT2D eigenvalue weighted by atomic mass is 9.84. The molecule has 4 rings (SSSR count). The van der Waals surface area contributed by atoms with E-state index in [-0.39, 0.29) is 5.91 Å². The predicted octanol–water partition coefficient (Wildman–Crippen LogP) is 1.08. The number of aromatic nitrogens is 7. The van der Waals surface area contributed by atoms with E-state index in [0.717, 1.165) is 11.4 Å². The Morgan fingerprint density at radius 1 is 1.20 bits per heavy atom. The van der Waals surface area contributed by atoms with Gasteiger partial charge in [0.15, 0.2) is 17.3 Å². The zero-order chi connectivity index (χ0) is 25.1. The van der Waals surface area contributed by atoms with Gasteiger partial charge in [-0.25, -0.2) is 0 Å². The number of benzene rings is 1. The normalized spacial score (nSPS) is 14.9. The number of carbonyl (C=O) groups is 1. The van der Waals surface area contributed by atoms with Crippen LogP contribution < -0.4 is 20.1 Å². The fraction of sp³-hybridized carbons (Fsp3) is 0.478. The Bertz CT molecular complexity index is 1200. The lowest BCUT2D eigenvalue weighted by Crippen LogP contribution is -2.53. The number of tetrazole rings is 1. The average Bonchev–Trinajstić information content (AvgIpc) is 3.48. The Kier molecular flexibility index (Phi) is 6.83. The summed E-state index contributed by atoms with van der Waals surface area (Å²) in [5.41, 5.74) is 0.419. The molecule has 1 unspecified atom stereocenters. The molecule has 35 heavy (non-hydrogen) atoms. The largest absolute Gasteiger partial charge is 0.486 e. The van der Waals surface area contributed by atoms with Crippen molar-refractivity contribution >= 4 is 5.91 Å². The van der Waals surface area contributed by atoms with Crippen LogP contribution in [0.1, 0.15) is 38.7 Å². The highest BCUT2D eigenvalue weighted by Gasteiger charge is 2.39. The molecule has 0 radical (unpaired) electrons. The van der Waals surface area contributed by atoms with Crippen LogP contribution in [0.5, 0.6) is 11.5 Å². The van der Waals surface area contributed by atoms with Gasteiger partial charge < -0.3 is 20.1 Å². The molecule has 186 valence electrons. The van der Waals surface area contributed by atoms with Crippen LogP contribution in [0.15, 0.2) is 37.1 Å². The second kappa shape index (κ2) is 9.82. The molecule has 0 saturated carbocycles. The van der Waals surface area contributed by atoms with E-state index in [2.05, 4.69) is 43.1 Å². The van der Waals surface area contributed by atoms with Crippen LogP contribution in [0.3, 0.4) is 0 Å². The van der Waals surface area contributed by atoms with Gasteiger partial charge in [0.1, 0.15) is 13.2 Å². The summed E-state index contributed by atoms with van der Waals surface area (Å²) >= 11 is 0. The third-order valence-electron chi connectivity index (χ3n) is 5.88. The summed E-state index contributed by atoms with van der Waals surface area (Å²) in [4.78, 5) is 12.1. The first kappa shape index (κ1) is 24.3. The third kappa shape index (κ3) is 5.48. The Hall–Kier alpha value is -3.80. The van der Waals surface area contributed by atoms with Gasteiger partial charge in [0.25, 0.3) is 0 Å². The number of ether oxygens (including phenoxy) is 2. The molecule has 3 aromatic rings. The number of hydrogen-bond acceptors (Lipinski definition) is 9. The first-order valence-corrected chi connectivity index (χ1v) is 11.4. The molecule has 1 aliphatic heterocycles. The molecule has 1 amide bonds. The highest BCUT2D eigenvalue weighted by Crippen LogP contribution is 2.34. The minimum Gasteiger partial charge on any atom is -0.486 e. The topological polar surface area (TPSA) is 134 Å². The van der Waals surface area contributed by atoms with Crippen LogP contribution >= 0.6 is 0 Å². The minimum absolute atomic E-state index is 0.246. The Morgan fingerprint density at radius 2 is 1.97 bits per heavy atom. The van der Waals surface area contributed by atoms with E-state index in [0.29, 0.717) is 49.9 Å². The molecule has 1 atom stereocenters. The smallest absolute Gasteiger partial charge is 0.243 e. The van der Waals surface area contributed by atoms with Gasteiger partial charge in [-0.1, -0.05) is 11.8 Å². The van der Waals surface area contributed by atoms with E-state index >= 15 is 0 Å². The van der Waals surface area contributed by atoms with E-state index in [1.165, 1.54) is 6.08 Å². The summed E-state index contributed by atoms with van der Waals surface area (Å²) in [5, 5.41) is 27.2. The number of nitrogens with one attached hydrogen (secondary N) is 2. The van der Waals surface area contributed by atoms with Crippen LogP contribution in [0.2, 0.25) is 0 Å². The first-order valence-electron chi connectivity index (χ1n) is 11.4. The number of nitrogens with zero attached hydrogens (tertiary/aromatic N) is 7. The molecular weight excluding hydrogens is 450 g/mol. The summed E-state index contributed by atoms with van der Waals surface area (Å²) in [5.74, 6) is 1.68. The first-order chi connectivity index (χ1) is 16.7. The van der Waals surface area contributed by atoms with Gasteiger partial charge in [-0.2, -0.15) is 4.68 Å². The SMILES string of the molecule is C=CC(=O)NC(C)(C)CC(C)(NCCc1cnnn1C)c1nnnn1-c1ccc2c(c1)OCCO2. The van der Waals surface area contributed by atoms with E-state index in [9.17, 15) is 4.79 Å². The molecule has 0 aliphatic carbocycles. The predicted molar refractivity (Wildman–Crippen MR) is 127 cm³/mol. The third-order valence-corrected chi connectivity index (χ3v) is 5.88. The van der Waals surface area contributed by atoms with Gasteiger partial charge in [0.05, 0.1) is 23.1 Å². The van der Waals surface area contributed by atoms with Crippen LogP contribution in [0.25, 0.3) is 5.69 Å². The number of fused-ring (bicyclic) bond motifs is 1. The lowest BCUT2D eigenvalue weighted by Gasteiger charge is -2.37. The average molecular weight is 482 g/mol. The molecule has 0 spiro atoms. The van der Waals surface area contributed by atoms with Gasteiger partial charge >= 0.3 is 0 Å². The lowest BCUT2D eigenvalue weighted by molar-refractivity contribution is -0.118. The van der Waals surface area contributed by atoms with E-state index in [4.69, 9.17) is 9.47 Å². The van der Waals surface area contributed by atoms with Gasteiger partial charge in [0.2, 0.25) is 5.91 Å². The molecule has 2 aromatic heterocycles. The second-order valence-corrected chi connectivity index (χ2v) is 9.35. The Labute approximate surface area is 203 Å². The molecule has 0 bridgehead atoms. The van der Waals surface area contributed by atoms with Gasteiger partial charge in [0, 0.05) is 31.6 Å². The van der Waals surface area contributed by atoms with Gasteiger partial charge in [-0.15, -0.1) is 10.2 Å². The number of carbonyl (C=O) groups excluding carboxylic acids is 1. The summed E-state index contributed by atoms with van der Waals surface area (Å²) in [6, 6.07) is 5.60. The van der Waals surface area contributed by atoms with Crippen molar-refractivity contribution in [1.82, 2.24) is 45.8 Å². The van der Waals surface area contributed by atoms with Crippen LogP contribution in [0, 0.1) is 0 Å². The van der Waals surface area contributed by atoms with Crippen molar-refractivity contribution in [2.75, 3.05) is 19.8 Å². The zero-order valence-electron chi connectivity index (χ0n) is 20.5. The molecule has 1 aromatic carbocycles. The summed E-state index contributed by atoms with van der Waals surface area (Å²) in [6.45, 7) is 11.1. The van der Waals surface area contributed by atoms with Crippen molar-refractivity contribution in [1.29, 1.82) is 0 Å². The van der Waals surface area contributed by atoms with Gasteiger partial charge in [-0.3, -0.25) is 9.48 Å². The van der Waals surface area contributed by atoms with Crippen molar-refractivity contribution in [3.8, 4) is 17.2 Å². The maximum absolute atomic E-state index is 12.1. The van der Waals surface area contributed by atoms with E-state index in [1.807, 2.05) is 46.0 Å². The van der Waals surface area contributed by atoms with Crippen molar-refractivity contribution in [2.45, 2.75) is 44.7 Å². The molecule has 0 fully saturated rings. The van der Waals surface area contributed by atoms with Crippen molar-refractivity contribution in [3.05, 3.63) is 48.6 Å². The molecule has 12 nitrogen and oxygen atoms in total. The van der Waals surface area contributed by atoms with E-state index in [1.54, 1.807) is 15.6 Å². The number of aryl methyl sites for hydroxylation is 1. The zero-order valence-corrected chi connectivity index (χ0v) is 20.5. The minimum atomic E-state index is -0.721. The van der Waals surface area contributed by atoms with Crippen molar-refractivity contribution in [3.63, 3.8) is 0 Å². The van der Waals surface area contributed by atoms with Crippen LogP contribution in [-0.4, -0.2) is 66.4 Å². The highest BCUT2D eigenvalue weighted by atomic mass is 16.6. The molecule has 0 saturated heterocycles. The fourth-order valence-electron chi connectivity index (χ4n) is 4.41. The van der Waals surface area contributed by atoms with E-state index < -0.39 is 11.1 Å². The van der Waals surface area contributed by atoms with Crippen LogP contribution in [-0.2, 0) is 23.8 Å². The Balaban J connectivity index is 1.65. The molecule has 2 N–H and O–H groups in total. The van der Waals surface area contributed by atoms with Gasteiger partial charge in [-0.05, 0) is 55.8 Å². The number of hydrogen-bond donors (Lipinski definition) is 2. The monoisotopic (exact) mass is 481 g/mol. The molecular formula is C23H31N9O3. The molecule has 12 heteroatoms. The van der Waals surface area contributed by atoms with Crippen molar-refractivity contribution in [2.24, 2.45) is 7.05 Å². The summed E-state index contributed by atoms with van der Waals surface area (Å²) in [6.07, 6.45) is 4.20. The molecule has 3 heterocycles. The molecule has 1 aliphatic rings. The highest BCUT2D eigenvalue weighted by molar-refractivity contribution is 5.87. The standard InChI is InChI=1S/C23H31N9O3/c1-6-20(33)26-22(2,3)15-23(4,24-10-9-17-14-25-29-31(17)5)21-27-28-30-32(21)16-7-8-18-19(13-16)35-12-11-34-18/h6-8,13-14,24H,1,9-12,15H2,2-5H3,(H,26,33). The number of amides is 1. The Morgan fingerprint density at radius 3 is 2.69 bits per heavy atom. The quantitative estimate of drug-likeness (QED) is 0.408. The summed E-state index contributed by atoms with van der Waals surface area (Å²) in [7, 11) is 1.86. The maximum Gasteiger partial charge on any atom is 0.243 e.